The van der Waals surface area contributed by atoms with E-state index in [0.717, 1.165) is 17.7 Å². The van der Waals surface area contributed by atoms with Crippen molar-refractivity contribution in [2.75, 3.05) is 12.3 Å². The first-order valence-corrected chi connectivity index (χ1v) is 9.29. The Balaban J connectivity index is 1.50. The average Bonchev–Trinajstić information content (AvgIpc) is 3.04. The molecular weight excluding hydrogens is 316 g/mol. The average molecular weight is 338 g/mol. The largest absolute Gasteiger partial charge is 0.361 e. The molecule has 0 bridgehead atoms. The van der Waals surface area contributed by atoms with Gasteiger partial charge in [-0.05, 0) is 36.1 Å². The van der Waals surface area contributed by atoms with E-state index in [-0.39, 0.29) is 5.91 Å². The Hall–Kier alpha value is -2.20. The molecule has 4 heteroatoms. The van der Waals surface area contributed by atoms with Crippen molar-refractivity contribution in [3.05, 3.63) is 65.9 Å². The van der Waals surface area contributed by atoms with Gasteiger partial charge in [-0.15, -0.1) is 11.8 Å². The van der Waals surface area contributed by atoms with Crippen LogP contribution in [0.4, 0.5) is 0 Å². The summed E-state index contributed by atoms with van der Waals surface area (Å²) in [6, 6.07) is 16.4. The molecule has 1 aromatic heterocycles. The second kappa shape index (κ2) is 8.06. The third-order valence-corrected chi connectivity index (χ3v) is 5.11. The Kier molecular flexibility index (Phi) is 5.59. The molecule has 2 N–H and O–H groups in total. The van der Waals surface area contributed by atoms with Crippen LogP contribution in [0.2, 0.25) is 0 Å². The van der Waals surface area contributed by atoms with Gasteiger partial charge in [0.1, 0.15) is 0 Å². The number of H-pyrrole nitrogens is 1. The Morgan fingerprint density at radius 2 is 1.92 bits per heavy atom. The fraction of sp³-hybridized carbons (Fsp3) is 0.250. The second-order valence-electron chi connectivity index (χ2n) is 5.71. The molecule has 1 amide bonds. The van der Waals surface area contributed by atoms with Crippen LogP contribution < -0.4 is 5.32 Å². The number of aromatic amines is 1. The smallest absolute Gasteiger partial charge is 0.230 e. The molecule has 0 fully saturated rings. The lowest BCUT2D eigenvalue weighted by atomic mass is 10.1. The second-order valence-corrected chi connectivity index (χ2v) is 6.76. The van der Waals surface area contributed by atoms with Gasteiger partial charge in [-0.2, -0.15) is 0 Å². The number of benzene rings is 2. The van der Waals surface area contributed by atoms with E-state index in [1.165, 1.54) is 22.0 Å². The number of para-hydroxylation sites is 1. The number of carbonyl (C=O) groups is 1. The minimum atomic E-state index is 0.0814. The molecule has 2 aromatic carbocycles. The van der Waals surface area contributed by atoms with Crippen molar-refractivity contribution in [1.82, 2.24) is 10.3 Å². The highest BCUT2D eigenvalue weighted by molar-refractivity contribution is 8.00. The van der Waals surface area contributed by atoms with Crippen LogP contribution in [-0.4, -0.2) is 23.2 Å². The van der Waals surface area contributed by atoms with E-state index in [0.29, 0.717) is 12.3 Å². The first kappa shape index (κ1) is 16.7. The molecule has 124 valence electrons. The fourth-order valence-corrected chi connectivity index (χ4v) is 3.58. The summed E-state index contributed by atoms with van der Waals surface area (Å²) in [6.45, 7) is 2.83. The maximum absolute atomic E-state index is 12.0. The summed E-state index contributed by atoms with van der Waals surface area (Å²) >= 11 is 1.57. The third-order valence-electron chi connectivity index (χ3n) is 4.10. The minimum absolute atomic E-state index is 0.0814. The standard InChI is InChI=1S/C20H22N2OS/c1-2-15-7-6-10-18-16(13-22-20(15)18)11-12-21-19(23)14-24-17-8-4-3-5-9-17/h3-10,13,22H,2,11-12,14H2,1H3,(H,21,23). The van der Waals surface area contributed by atoms with Gasteiger partial charge in [-0.1, -0.05) is 43.3 Å². The van der Waals surface area contributed by atoms with E-state index in [1.807, 2.05) is 30.3 Å². The van der Waals surface area contributed by atoms with E-state index < -0.39 is 0 Å². The van der Waals surface area contributed by atoms with Gasteiger partial charge < -0.3 is 10.3 Å². The number of nitrogens with one attached hydrogen (secondary N) is 2. The van der Waals surface area contributed by atoms with Gasteiger partial charge in [0, 0.05) is 28.5 Å². The summed E-state index contributed by atoms with van der Waals surface area (Å²) in [5.74, 6) is 0.538. The lowest BCUT2D eigenvalue weighted by Gasteiger charge is -2.05. The molecule has 0 saturated heterocycles. The van der Waals surface area contributed by atoms with Crippen LogP contribution in [0.15, 0.2) is 59.6 Å². The van der Waals surface area contributed by atoms with Crippen molar-refractivity contribution in [1.29, 1.82) is 0 Å². The first-order valence-electron chi connectivity index (χ1n) is 8.30. The van der Waals surface area contributed by atoms with Crippen molar-refractivity contribution in [3.63, 3.8) is 0 Å². The van der Waals surface area contributed by atoms with Gasteiger partial charge in [-0.25, -0.2) is 0 Å². The lowest BCUT2D eigenvalue weighted by molar-refractivity contribution is -0.118. The summed E-state index contributed by atoms with van der Waals surface area (Å²) in [4.78, 5) is 16.5. The summed E-state index contributed by atoms with van der Waals surface area (Å²) in [5.41, 5.74) is 3.82. The number of aryl methyl sites for hydroxylation is 1. The number of hydrogen-bond acceptors (Lipinski definition) is 2. The van der Waals surface area contributed by atoms with Crippen molar-refractivity contribution < 1.29 is 4.79 Å². The third kappa shape index (κ3) is 4.01. The first-order chi connectivity index (χ1) is 11.8. The molecule has 0 spiro atoms. The molecule has 0 aliphatic rings. The zero-order valence-corrected chi connectivity index (χ0v) is 14.7. The van der Waals surface area contributed by atoms with Crippen molar-refractivity contribution in [3.8, 4) is 0 Å². The lowest BCUT2D eigenvalue weighted by Crippen LogP contribution is -2.27. The molecule has 0 saturated carbocycles. The van der Waals surface area contributed by atoms with Crippen molar-refractivity contribution in [2.24, 2.45) is 0 Å². The van der Waals surface area contributed by atoms with E-state index in [4.69, 9.17) is 0 Å². The fourth-order valence-electron chi connectivity index (χ4n) is 2.83. The quantitative estimate of drug-likeness (QED) is 0.635. The van der Waals surface area contributed by atoms with Gasteiger partial charge in [0.2, 0.25) is 5.91 Å². The summed E-state index contributed by atoms with van der Waals surface area (Å²) < 4.78 is 0. The van der Waals surface area contributed by atoms with Gasteiger partial charge in [0.15, 0.2) is 0 Å². The van der Waals surface area contributed by atoms with E-state index in [2.05, 4.69) is 41.6 Å². The van der Waals surface area contributed by atoms with Crippen LogP contribution >= 0.6 is 11.8 Å². The Morgan fingerprint density at radius 3 is 2.71 bits per heavy atom. The van der Waals surface area contributed by atoms with Crippen LogP contribution in [0.5, 0.6) is 0 Å². The highest BCUT2D eigenvalue weighted by atomic mass is 32.2. The number of aromatic nitrogens is 1. The molecule has 1 heterocycles. The van der Waals surface area contributed by atoms with E-state index >= 15 is 0 Å². The Labute approximate surface area is 146 Å². The molecule has 0 unspecified atom stereocenters. The molecular formula is C20H22N2OS. The topological polar surface area (TPSA) is 44.9 Å². The molecule has 24 heavy (non-hydrogen) atoms. The number of carbonyl (C=O) groups excluding carboxylic acids is 1. The number of rotatable bonds is 7. The molecule has 0 aliphatic carbocycles. The Morgan fingerprint density at radius 1 is 1.08 bits per heavy atom. The molecule has 0 atom stereocenters. The molecule has 3 rings (SSSR count). The molecule has 0 radical (unpaired) electrons. The summed E-state index contributed by atoms with van der Waals surface area (Å²) in [5, 5.41) is 4.28. The zero-order chi connectivity index (χ0) is 16.8. The number of thioether (sulfide) groups is 1. The van der Waals surface area contributed by atoms with Gasteiger partial charge in [0.05, 0.1) is 5.75 Å². The highest BCUT2D eigenvalue weighted by Gasteiger charge is 2.07. The van der Waals surface area contributed by atoms with Crippen LogP contribution in [0.3, 0.4) is 0 Å². The maximum Gasteiger partial charge on any atom is 0.230 e. The van der Waals surface area contributed by atoms with Gasteiger partial charge >= 0.3 is 0 Å². The monoisotopic (exact) mass is 338 g/mol. The van der Waals surface area contributed by atoms with Crippen LogP contribution in [0, 0.1) is 0 Å². The summed E-state index contributed by atoms with van der Waals surface area (Å²) in [6.07, 6.45) is 3.92. The number of fused-ring (bicyclic) bond motifs is 1. The minimum Gasteiger partial charge on any atom is -0.361 e. The summed E-state index contributed by atoms with van der Waals surface area (Å²) in [7, 11) is 0. The SMILES string of the molecule is CCc1cccc2c(CCNC(=O)CSc3ccccc3)c[nH]c12. The van der Waals surface area contributed by atoms with Crippen molar-refractivity contribution in [2.45, 2.75) is 24.7 Å². The molecule has 0 aliphatic heterocycles. The van der Waals surface area contributed by atoms with Crippen LogP contribution in [0.1, 0.15) is 18.1 Å². The normalized spacial score (nSPS) is 10.9. The highest BCUT2D eigenvalue weighted by Crippen LogP contribution is 2.22. The Bertz CT molecular complexity index is 811. The molecule has 3 aromatic rings. The molecule has 3 nitrogen and oxygen atoms in total. The van der Waals surface area contributed by atoms with Gasteiger partial charge in [-0.3, -0.25) is 4.79 Å². The van der Waals surface area contributed by atoms with Crippen LogP contribution in [0.25, 0.3) is 10.9 Å². The number of amides is 1. The zero-order valence-electron chi connectivity index (χ0n) is 13.8. The number of hydrogen-bond donors (Lipinski definition) is 2. The van der Waals surface area contributed by atoms with Crippen molar-refractivity contribution >= 4 is 28.6 Å². The predicted molar refractivity (Wildman–Crippen MR) is 102 cm³/mol. The maximum atomic E-state index is 12.0. The van der Waals surface area contributed by atoms with E-state index in [9.17, 15) is 4.79 Å². The van der Waals surface area contributed by atoms with Crippen LogP contribution in [-0.2, 0) is 17.6 Å². The van der Waals surface area contributed by atoms with E-state index in [1.54, 1.807) is 11.8 Å². The predicted octanol–water partition coefficient (Wildman–Crippen LogP) is 4.18. The van der Waals surface area contributed by atoms with Gasteiger partial charge in [0.25, 0.3) is 0 Å².